The van der Waals surface area contributed by atoms with Gasteiger partial charge < -0.3 is 4.74 Å². The molecule has 0 spiro atoms. The zero-order chi connectivity index (χ0) is 14.3. The van der Waals surface area contributed by atoms with E-state index in [9.17, 15) is 13.2 Å². The second kappa shape index (κ2) is 5.11. The monoisotopic (exact) mass is 315 g/mol. The molecule has 0 aliphatic carbocycles. The smallest absolute Gasteiger partial charge is 0.243 e. The number of hydrogen-bond donors (Lipinski definition) is 0. The second-order valence-electron chi connectivity index (χ2n) is 5.08. The van der Waals surface area contributed by atoms with Crippen LogP contribution in [0.15, 0.2) is 29.2 Å². The highest BCUT2D eigenvalue weighted by Gasteiger charge is 2.45. The third-order valence-electron chi connectivity index (χ3n) is 3.66. The van der Waals surface area contributed by atoms with Crippen LogP contribution in [0.5, 0.6) is 0 Å². The van der Waals surface area contributed by atoms with Gasteiger partial charge in [0.05, 0.1) is 30.2 Å². The maximum absolute atomic E-state index is 12.7. The Morgan fingerprint density at radius 1 is 1.10 bits per heavy atom. The number of nitrogens with zero attached hydrogens (tertiary/aromatic N) is 1. The lowest BCUT2D eigenvalue weighted by Crippen LogP contribution is -2.59. The summed E-state index contributed by atoms with van der Waals surface area (Å²) >= 11 is 5.79. The molecule has 2 unspecified atom stereocenters. The van der Waals surface area contributed by atoms with Gasteiger partial charge in [-0.1, -0.05) is 11.6 Å². The van der Waals surface area contributed by atoms with Crippen LogP contribution in [0.3, 0.4) is 0 Å². The molecule has 0 aromatic heterocycles. The van der Waals surface area contributed by atoms with E-state index >= 15 is 0 Å². The van der Waals surface area contributed by atoms with Crippen LogP contribution in [-0.2, 0) is 19.6 Å². The van der Waals surface area contributed by atoms with Crippen molar-refractivity contribution in [2.24, 2.45) is 0 Å². The van der Waals surface area contributed by atoms with Crippen LogP contribution in [0.4, 0.5) is 0 Å². The molecule has 2 heterocycles. The summed E-state index contributed by atoms with van der Waals surface area (Å²) in [6, 6.07) is 5.30. The molecule has 108 valence electrons. The van der Waals surface area contributed by atoms with Crippen molar-refractivity contribution in [3.8, 4) is 0 Å². The predicted molar refractivity (Wildman–Crippen MR) is 73.1 cm³/mol. The molecule has 20 heavy (non-hydrogen) atoms. The van der Waals surface area contributed by atoms with Gasteiger partial charge in [-0.2, -0.15) is 4.31 Å². The molecule has 1 aromatic rings. The molecule has 5 nitrogen and oxygen atoms in total. The molecular formula is C13H14ClNO4S. The van der Waals surface area contributed by atoms with Crippen molar-refractivity contribution in [1.82, 2.24) is 4.31 Å². The third-order valence-corrected chi connectivity index (χ3v) is 5.93. The van der Waals surface area contributed by atoms with E-state index in [-0.39, 0.29) is 36.7 Å². The van der Waals surface area contributed by atoms with Crippen molar-refractivity contribution in [1.29, 1.82) is 0 Å². The lowest BCUT2D eigenvalue weighted by Gasteiger charge is -2.43. The number of ether oxygens (including phenoxy) is 1. The molecule has 0 radical (unpaired) electrons. The third kappa shape index (κ3) is 2.37. The van der Waals surface area contributed by atoms with Crippen molar-refractivity contribution in [3.05, 3.63) is 29.3 Å². The number of sulfonamides is 1. The SMILES string of the molecule is O=C1CC2COCC(C1)N2S(=O)(=O)c1ccc(Cl)cc1. The minimum absolute atomic E-state index is 0.103. The molecule has 2 bridgehead atoms. The molecule has 2 atom stereocenters. The first-order chi connectivity index (χ1) is 9.48. The molecule has 2 saturated heterocycles. The highest BCUT2D eigenvalue weighted by molar-refractivity contribution is 7.89. The first kappa shape index (κ1) is 14.0. The highest BCUT2D eigenvalue weighted by atomic mass is 35.5. The van der Waals surface area contributed by atoms with E-state index in [2.05, 4.69) is 0 Å². The fourth-order valence-corrected chi connectivity index (χ4v) is 4.72. The fraction of sp³-hybridized carbons (Fsp3) is 0.462. The summed E-state index contributed by atoms with van der Waals surface area (Å²) in [6.45, 7) is 0.546. The van der Waals surface area contributed by atoms with Crippen LogP contribution >= 0.6 is 11.6 Å². The van der Waals surface area contributed by atoms with Crippen LogP contribution in [0, 0.1) is 0 Å². The minimum Gasteiger partial charge on any atom is -0.378 e. The Bertz CT molecular complexity index is 612. The van der Waals surface area contributed by atoms with Gasteiger partial charge in [0.1, 0.15) is 5.78 Å². The summed E-state index contributed by atoms with van der Waals surface area (Å²) in [5, 5.41) is 0.487. The number of piperidine rings is 1. The van der Waals surface area contributed by atoms with Gasteiger partial charge in [-0.25, -0.2) is 8.42 Å². The van der Waals surface area contributed by atoms with E-state index < -0.39 is 22.1 Å². The van der Waals surface area contributed by atoms with Gasteiger partial charge in [-0.05, 0) is 24.3 Å². The maximum atomic E-state index is 12.7. The van der Waals surface area contributed by atoms with Gasteiger partial charge >= 0.3 is 0 Å². The van der Waals surface area contributed by atoms with Gasteiger partial charge in [0, 0.05) is 17.9 Å². The predicted octanol–water partition coefficient (Wildman–Crippen LogP) is 1.46. The number of benzene rings is 1. The van der Waals surface area contributed by atoms with E-state index in [4.69, 9.17) is 16.3 Å². The zero-order valence-electron chi connectivity index (χ0n) is 10.7. The van der Waals surface area contributed by atoms with Crippen molar-refractivity contribution in [2.75, 3.05) is 13.2 Å². The molecule has 0 amide bonds. The van der Waals surface area contributed by atoms with Crippen LogP contribution in [0.1, 0.15) is 12.8 Å². The average Bonchev–Trinajstić information content (AvgIpc) is 2.37. The lowest BCUT2D eigenvalue weighted by atomic mass is 9.96. The van der Waals surface area contributed by atoms with Crippen LogP contribution in [0.2, 0.25) is 5.02 Å². The summed E-state index contributed by atoms with van der Waals surface area (Å²) < 4.78 is 32.3. The fourth-order valence-electron chi connectivity index (χ4n) is 2.81. The quantitative estimate of drug-likeness (QED) is 0.829. The van der Waals surface area contributed by atoms with Crippen molar-refractivity contribution >= 4 is 27.4 Å². The highest BCUT2D eigenvalue weighted by Crippen LogP contribution is 2.31. The number of rotatable bonds is 2. The summed E-state index contributed by atoms with van der Waals surface area (Å²) in [5.74, 6) is 0.103. The largest absolute Gasteiger partial charge is 0.378 e. The van der Waals surface area contributed by atoms with Crippen molar-refractivity contribution in [2.45, 2.75) is 29.8 Å². The van der Waals surface area contributed by atoms with E-state index in [1.54, 1.807) is 12.1 Å². The van der Waals surface area contributed by atoms with E-state index in [1.807, 2.05) is 0 Å². The van der Waals surface area contributed by atoms with Gasteiger partial charge in [-0.15, -0.1) is 0 Å². The molecule has 2 fully saturated rings. The Morgan fingerprint density at radius 3 is 2.20 bits per heavy atom. The molecular weight excluding hydrogens is 302 g/mol. The van der Waals surface area contributed by atoms with Crippen LogP contribution < -0.4 is 0 Å². The van der Waals surface area contributed by atoms with Gasteiger partial charge in [0.2, 0.25) is 10.0 Å². The van der Waals surface area contributed by atoms with Crippen LogP contribution in [-0.4, -0.2) is 43.8 Å². The van der Waals surface area contributed by atoms with Gasteiger partial charge in [-0.3, -0.25) is 4.79 Å². The Kier molecular flexibility index (Phi) is 3.58. The summed E-state index contributed by atoms with van der Waals surface area (Å²) in [6.07, 6.45) is 0.451. The van der Waals surface area contributed by atoms with E-state index in [0.717, 1.165) is 0 Å². The minimum atomic E-state index is -3.62. The Hall–Kier alpha value is -0.950. The molecule has 3 rings (SSSR count). The van der Waals surface area contributed by atoms with Crippen LogP contribution in [0.25, 0.3) is 0 Å². The summed E-state index contributed by atoms with van der Waals surface area (Å²) in [7, 11) is -3.62. The average molecular weight is 316 g/mol. The molecule has 1 aromatic carbocycles. The standard InChI is InChI=1S/C13H14ClNO4S/c14-9-1-3-13(4-2-9)20(17,18)15-10-5-12(16)6-11(15)8-19-7-10/h1-4,10-11H,5-8H2. The molecule has 0 saturated carbocycles. The second-order valence-corrected chi connectivity index (χ2v) is 7.36. The number of Topliss-reactive ketones (excluding diaryl/α,β-unsaturated/α-hetero) is 1. The molecule has 7 heteroatoms. The van der Waals surface area contributed by atoms with Crippen molar-refractivity contribution in [3.63, 3.8) is 0 Å². The molecule has 0 N–H and O–H groups in total. The topological polar surface area (TPSA) is 63.7 Å². The summed E-state index contributed by atoms with van der Waals surface area (Å²) in [4.78, 5) is 11.8. The summed E-state index contributed by atoms with van der Waals surface area (Å²) in [5.41, 5.74) is 0. The number of hydrogen-bond acceptors (Lipinski definition) is 4. The number of carbonyl (C=O) groups is 1. The van der Waals surface area contributed by atoms with Crippen molar-refractivity contribution < 1.29 is 17.9 Å². The normalized spacial score (nSPS) is 27.6. The number of morpholine rings is 1. The first-order valence-corrected chi connectivity index (χ1v) is 8.19. The van der Waals surface area contributed by atoms with E-state index in [0.29, 0.717) is 5.02 Å². The Balaban J connectivity index is 1.98. The number of ketones is 1. The lowest BCUT2D eigenvalue weighted by molar-refractivity contribution is -0.129. The molecule has 2 aliphatic heterocycles. The Morgan fingerprint density at radius 2 is 1.65 bits per heavy atom. The number of fused-ring (bicyclic) bond motifs is 2. The maximum Gasteiger partial charge on any atom is 0.243 e. The zero-order valence-corrected chi connectivity index (χ0v) is 12.2. The first-order valence-electron chi connectivity index (χ1n) is 6.37. The van der Waals surface area contributed by atoms with Gasteiger partial charge in [0.25, 0.3) is 0 Å². The van der Waals surface area contributed by atoms with E-state index in [1.165, 1.54) is 16.4 Å². The Labute approximate surface area is 122 Å². The molecule has 2 aliphatic rings. The number of carbonyl (C=O) groups excluding carboxylic acids is 1. The number of halogens is 1. The van der Waals surface area contributed by atoms with Gasteiger partial charge in [0.15, 0.2) is 0 Å².